The van der Waals surface area contributed by atoms with Crippen LogP contribution in [0, 0.1) is 10.8 Å². The summed E-state index contributed by atoms with van der Waals surface area (Å²) in [5.74, 6) is -0.600. The van der Waals surface area contributed by atoms with Crippen LogP contribution >= 0.6 is 0 Å². The largest absolute Gasteiger partial charge is 0.355 e. The van der Waals surface area contributed by atoms with Crippen LogP contribution in [-0.2, 0) is 9.59 Å². The molecule has 0 aromatic rings. The Morgan fingerprint density at radius 3 is 1.00 bits per heavy atom. The van der Waals surface area contributed by atoms with Gasteiger partial charge in [0.15, 0.2) is 0 Å². The predicted molar refractivity (Wildman–Crippen MR) is 124 cm³/mol. The topological polar surface area (TPSA) is 58.2 Å². The minimum Gasteiger partial charge on any atom is -0.355 e. The third kappa shape index (κ3) is 9.93. The Labute approximate surface area is 177 Å². The van der Waals surface area contributed by atoms with Crippen molar-refractivity contribution in [1.82, 2.24) is 10.6 Å². The van der Waals surface area contributed by atoms with Crippen LogP contribution in [0.5, 0.6) is 0 Å². The van der Waals surface area contributed by atoms with Gasteiger partial charge in [-0.15, -0.1) is 39.5 Å². The van der Waals surface area contributed by atoms with Crippen molar-refractivity contribution in [3.8, 4) is 0 Å². The van der Waals surface area contributed by atoms with Crippen LogP contribution in [0.4, 0.5) is 0 Å². The van der Waals surface area contributed by atoms with Crippen LogP contribution in [-0.4, -0.2) is 24.9 Å². The molecule has 0 rings (SSSR count). The zero-order valence-electron chi connectivity index (χ0n) is 17.9. The van der Waals surface area contributed by atoms with Crippen LogP contribution in [0.25, 0.3) is 0 Å². The van der Waals surface area contributed by atoms with Crippen molar-refractivity contribution in [2.24, 2.45) is 10.8 Å². The lowest BCUT2D eigenvalue weighted by Crippen LogP contribution is -2.41. The van der Waals surface area contributed by atoms with Crippen LogP contribution < -0.4 is 10.6 Å². The number of nitrogens with one attached hydrogen (secondary N) is 2. The number of amides is 2. The average Bonchev–Trinajstić information content (AvgIpc) is 2.66. The second kappa shape index (κ2) is 14.4. The molecule has 0 unspecified atom stereocenters. The van der Waals surface area contributed by atoms with Gasteiger partial charge in [0.25, 0.3) is 0 Å². The van der Waals surface area contributed by atoms with Crippen molar-refractivity contribution in [3.63, 3.8) is 0 Å². The van der Waals surface area contributed by atoms with Gasteiger partial charge in [-0.25, -0.2) is 0 Å². The lowest BCUT2D eigenvalue weighted by Gasteiger charge is -2.32. The van der Waals surface area contributed by atoms with Crippen molar-refractivity contribution in [2.75, 3.05) is 13.1 Å². The van der Waals surface area contributed by atoms with E-state index >= 15 is 0 Å². The lowest BCUT2D eigenvalue weighted by molar-refractivity contribution is -0.129. The maximum absolute atomic E-state index is 12.3. The molecule has 0 aliphatic heterocycles. The summed E-state index contributed by atoms with van der Waals surface area (Å²) < 4.78 is 0. The molecule has 4 nitrogen and oxygen atoms in total. The van der Waals surface area contributed by atoms with Crippen molar-refractivity contribution in [1.29, 1.82) is 0 Å². The Bertz CT molecular complexity index is 499. The van der Waals surface area contributed by atoms with Gasteiger partial charge in [0.2, 0.25) is 11.8 Å². The van der Waals surface area contributed by atoms with Crippen LogP contribution in [0.3, 0.4) is 0 Å². The van der Waals surface area contributed by atoms with E-state index in [1.165, 1.54) is 0 Å². The van der Waals surface area contributed by atoms with Crippen LogP contribution in [0.15, 0.2) is 75.9 Å². The van der Waals surface area contributed by atoms with Gasteiger partial charge in [-0.3, -0.25) is 9.59 Å². The summed E-state index contributed by atoms with van der Waals surface area (Å²) >= 11 is 0. The molecular weight excluding hydrogens is 360 g/mol. The van der Waals surface area contributed by atoms with E-state index in [4.69, 9.17) is 0 Å². The Morgan fingerprint density at radius 1 is 0.552 bits per heavy atom. The second-order valence-electron chi connectivity index (χ2n) is 7.69. The fraction of sp³-hybridized carbons (Fsp3) is 0.440. The number of rotatable bonds is 18. The highest BCUT2D eigenvalue weighted by Gasteiger charge is 2.28. The molecule has 0 aromatic carbocycles. The normalized spacial score (nSPS) is 11.0. The molecule has 2 N–H and O–H groups in total. The minimum atomic E-state index is -0.300. The van der Waals surface area contributed by atoms with Crippen molar-refractivity contribution >= 4 is 11.8 Å². The summed E-state index contributed by atoms with van der Waals surface area (Å²) in [6.45, 7) is 23.8. The maximum Gasteiger partial charge on any atom is 0.229 e. The summed E-state index contributed by atoms with van der Waals surface area (Å²) in [6, 6.07) is 0. The lowest BCUT2D eigenvalue weighted by atomic mass is 9.78. The van der Waals surface area contributed by atoms with E-state index in [1.807, 2.05) is 36.5 Å². The molecule has 4 heteroatoms. The molecule has 0 saturated heterocycles. The highest BCUT2D eigenvalue weighted by molar-refractivity contribution is 5.96. The zero-order valence-corrected chi connectivity index (χ0v) is 17.9. The molecule has 0 saturated carbocycles. The minimum absolute atomic E-state index is 0.204. The molecule has 0 fully saturated rings. The summed E-state index contributed by atoms with van der Waals surface area (Å²) in [5.41, 5.74) is -0.408. The summed E-state index contributed by atoms with van der Waals surface area (Å²) in [6.07, 6.45) is 15.2. The summed E-state index contributed by atoms with van der Waals surface area (Å²) in [4.78, 5) is 24.6. The van der Waals surface area contributed by atoms with Gasteiger partial charge >= 0.3 is 0 Å². The van der Waals surface area contributed by atoms with Gasteiger partial charge < -0.3 is 10.6 Å². The van der Waals surface area contributed by atoms with E-state index in [0.717, 1.165) is 38.5 Å². The standard InChI is InChI=1S/C25H38N2O2/c1-7-13-24(14-8-2,15-9-3)20-26-22(28)19-23(29)27-21-25(16-10-4,17-11-5)18-12-6/h7-12H,1-6,13-21H2,(H,26,28)(H,27,29). The van der Waals surface area contributed by atoms with E-state index in [9.17, 15) is 9.59 Å². The number of allylic oxidation sites excluding steroid dienone is 6. The molecule has 0 bridgehead atoms. The summed E-state index contributed by atoms with van der Waals surface area (Å²) in [5, 5.41) is 5.78. The van der Waals surface area contributed by atoms with Gasteiger partial charge in [0, 0.05) is 13.1 Å². The van der Waals surface area contributed by atoms with Crippen LogP contribution in [0.1, 0.15) is 44.9 Å². The van der Waals surface area contributed by atoms with E-state index in [-0.39, 0.29) is 29.1 Å². The Hall–Kier alpha value is -2.62. The van der Waals surface area contributed by atoms with E-state index < -0.39 is 0 Å². The number of carbonyl (C=O) groups is 2. The molecule has 0 radical (unpaired) electrons. The van der Waals surface area contributed by atoms with Gasteiger partial charge in [-0.2, -0.15) is 0 Å². The van der Waals surface area contributed by atoms with Crippen molar-refractivity contribution in [3.05, 3.63) is 75.9 Å². The molecule has 160 valence electrons. The molecule has 29 heavy (non-hydrogen) atoms. The fourth-order valence-electron chi connectivity index (χ4n) is 3.61. The Morgan fingerprint density at radius 2 is 0.793 bits per heavy atom. The molecule has 2 amide bonds. The van der Waals surface area contributed by atoms with Crippen molar-refractivity contribution < 1.29 is 9.59 Å². The quantitative estimate of drug-likeness (QED) is 0.251. The zero-order chi connectivity index (χ0) is 22.2. The average molecular weight is 399 g/mol. The molecule has 0 atom stereocenters. The number of hydrogen-bond acceptors (Lipinski definition) is 2. The van der Waals surface area contributed by atoms with Gasteiger partial charge in [-0.1, -0.05) is 36.5 Å². The smallest absolute Gasteiger partial charge is 0.229 e. The molecule has 0 aliphatic carbocycles. The molecule has 0 aromatic heterocycles. The summed E-state index contributed by atoms with van der Waals surface area (Å²) in [7, 11) is 0. The number of carbonyl (C=O) groups excluding carboxylic acids is 2. The van der Waals surface area contributed by atoms with Gasteiger partial charge in [0.05, 0.1) is 0 Å². The first kappa shape index (κ1) is 26.4. The second-order valence-corrected chi connectivity index (χ2v) is 7.69. The highest BCUT2D eigenvalue weighted by Crippen LogP contribution is 2.32. The monoisotopic (exact) mass is 398 g/mol. The third-order valence-electron chi connectivity index (χ3n) is 5.11. The molecule has 0 spiro atoms. The molecule has 0 aliphatic rings. The third-order valence-corrected chi connectivity index (χ3v) is 5.11. The number of hydrogen-bond donors (Lipinski definition) is 2. The SMILES string of the molecule is C=CCC(CC=C)(CC=C)CNC(=O)CC(=O)NCC(CC=C)(CC=C)CC=C. The first-order valence-corrected chi connectivity index (χ1v) is 10.0. The van der Waals surface area contributed by atoms with E-state index in [2.05, 4.69) is 50.1 Å². The maximum atomic E-state index is 12.3. The van der Waals surface area contributed by atoms with Gasteiger partial charge in [-0.05, 0) is 49.4 Å². The first-order valence-electron chi connectivity index (χ1n) is 10.0. The Balaban J connectivity index is 4.84. The van der Waals surface area contributed by atoms with Crippen molar-refractivity contribution in [2.45, 2.75) is 44.9 Å². The van der Waals surface area contributed by atoms with E-state index in [1.54, 1.807) is 0 Å². The van der Waals surface area contributed by atoms with Crippen LogP contribution in [0.2, 0.25) is 0 Å². The Kier molecular flexibility index (Phi) is 13.1. The first-order chi connectivity index (χ1) is 13.9. The van der Waals surface area contributed by atoms with E-state index in [0.29, 0.717) is 13.1 Å². The highest BCUT2D eigenvalue weighted by atomic mass is 16.2. The fourth-order valence-corrected chi connectivity index (χ4v) is 3.61. The predicted octanol–water partition coefficient (Wildman–Crippen LogP) is 5.04. The van der Waals surface area contributed by atoms with Gasteiger partial charge in [0.1, 0.15) is 6.42 Å². The molecule has 0 heterocycles. The molecular formula is C25H38N2O2.